The summed E-state index contributed by atoms with van der Waals surface area (Å²) in [6.07, 6.45) is 2.71. The number of ether oxygens (including phenoxy) is 2. The van der Waals surface area contributed by atoms with Gasteiger partial charge in [-0.1, -0.05) is 0 Å². The Kier molecular flexibility index (Phi) is 6.27. The van der Waals surface area contributed by atoms with Crippen LogP contribution in [0.2, 0.25) is 5.28 Å². The van der Waals surface area contributed by atoms with Crippen LogP contribution in [0, 0.1) is 12.8 Å². The van der Waals surface area contributed by atoms with Crippen molar-refractivity contribution in [2.45, 2.75) is 52.6 Å². The van der Waals surface area contributed by atoms with Crippen LogP contribution in [0.4, 0.5) is 4.79 Å². The van der Waals surface area contributed by atoms with Gasteiger partial charge in [0.15, 0.2) is 0 Å². The van der Waals surface area contributed by atoms with Crippen molar-refractivity contribution in [1.82, 2.24) is 14.9 Å². The van der Waals surface area contributed by atoms with Gasteiger partial charge in [-0.15, -0.1) is 0 Å². The molecule has 1 aliphatic heterocycles. The van der Waals surface area contributed by atoms with Crippen LogP contribution in [-0.4, -0.2) is 46.3 Å². The molecule has 0 aliphatic carbocycles. The molecule has 0 N–H and O–H groups in total. The quantitative estimate of drug-likeness (QED) is 0.767. The molecule has 2 heterocycles. The molecule has 1 unspecified atom stereocenters. The molecule has 2 rings (SSSR count). The first-order chi connectivity index (χ1) is 11.2. The highest BCUT2D eigenvalue weighted by Gasteiger charge is 2.27. The summed E-state index contributed by atoms with van der Waals surface area (Å²) in [5.41, 5.74) is 0.316. The lowest BCUT2D eigenvalue weighted by atomic mass is 9.95. The van der Waals surface area contributed by atoms with Crippen LogP contribution in [0.1, 0.15) is 45.7 Å². The fourth-order valence-corrected chi connectivity index (χ4v) is 2.92. The normalized spacial score (nSPS) is 18.4. The minimum atomic E-state index is -0.461. The number of carbonyl (C=O) groups is 1. The molecule has 1 aromatic heterocycles. The average Bonchev–Trinajstić information content (AvgIpc) is 2.45. The van der Waals surface area contributed by atoms with Crippen molar-refractivity contribution >= 4 is 17.7 Å². The third kappa shape index (κ3) is 6.15. The number of amides is 1. The zero-order valence-electron chi connectivity index (χ0n) is 14.8. The van der Waals surface area contributed by atoms with Gasteiger partial charge in [-0.3, -0.25) is 0 Å². The summed E-state index contributed by atoms with van der Waals surface area (Å²) in [5, 5.41) is 0.193. The summed E-state index contributed by atoms with van der Waals surface area (Å²) < 4.78 is 11.1. The number of hydrogen-bond donors (Lipinski definition) is 0. The predicted molar refractivity (Wildman–Crippen MR) is 92.4 cm³/mol. The van der Waals surface area contributed by atoms with Gasteiger partial charge in [0, 0.05) is 24.8 Å². The van der Waals surface area contributed by atoms with Gasteiger partial charge >= 0.3 is 6.09 Å². The molecule has 1 aromatic rings. The lowest BCUT2D eigenvalue weighted by molar-refractivity contribution is 0.0154. The summed E-state index contributed by atoms with van der Waals surface area (Å²) in [5.74, 6) is 0.900. The second-order valence-electron chi connectivity index (χ2n) is 7.19. The van der Waals surface area contributed by atoms with E-state index in [9.17, 15) is 4.79 Å². The zero-order chi connectivity index (χ0) is 17.7. The Morgan fingerprint density at radius 2 is 2.17 bits per heavy atom. The van der Waals surface area contributed by atoms with Gasteiger partial charge in [0.05, 0.1) is 6.61 Å². The summed E-state index contributed by atoms with van der Waals surface area (Å²) in [4.78, 5) is 22.0. The molecule has 1 fully saturated rings. The van der Waals surface area contributed by atoms with Crippen LogP contribution in [0.3, 0.4) is 0 Å². The third-order valence-corrected chi connectivity index (χ3v) is 3.92. The number of rotatable bonds is 4. The lowest BCUT2D eigenvalue weighted by Gasteiger charge is -2.34. The Morgan fingerprint density at radius 3 is 2.83 bits per heavy atom. The highest BCUT2D eigenvalue weighted by Crippen LogP contribution is 2.22. The van der Waals surface area contributed by atoms with Crippen LogP contribution in [0.5, 0.6) is 5.88 Å². The van der Waals surface area contributed by atoms with Crippen molar-refractivity contribution in [2.24, 2.45) is 5.92 Å². The SMILES string of the molecule is Cc1cc(OCCC2CCCN(C(=O)OC(C)(C)C)C2)nc(Cl)n1. The molecule has 134 valence electrons. The largest absolute Gasteiger partial charge is 0.478 e. The fraction of sp³-hybridized carbons (Fsp3) is 0.706. The molecule has 0 bridgehead atoms. The molecule has 0 saturated carbocycles. The first-order valence-corrected chi connectivity index (χ1v) is 8.72. The molecule has 24 heavy (non-hydrogen) atoms. The van der Waals surface area contributed by atoms with Gasteiger partial charge in [-0.05, 0) is 64.5 Å². The summed E-state index contributed by atoms with van der Waals surface area (Å²) in [6.45, 7) is 9.51. The van der Waals surface area contributed by atoms with Crippen LogP contribution in [-0.2, 0) is 4.74 Å². The van der Waals surface area contributed by atoms with Crippen LogP contribution in [0.25, 0.3) is 0 Å². The first kappa shape index (κ1) is 18.8. The molecular formula is C17H26ClN3O3. The monoisotopic (exact) mass is 355 g/mol. The number of hydrogen-bond acceptors (Lipinski definition) is 5. The molecule has 1 atom stereocenters. The van der Waals surface area contributed by atoms with E-state index in [0.717, 1.165) is 31.5 Å². The molecule has 1 amide bonds. The Bertz CT molecular complexity index is 554. The number of carbonyl (C=O) groups excluding carboxylic acids is 1. The minimum absolute atomic E-state index is 0.193. The van der Waals surface area contributed by atoms with E-state index in [1.807, 2.05) is 27.7 Å². The van der Waals surface area contributed by atoms with Crippen LogP contribution < -0.4 is 4.74 Å². The Labute approximate surface area is 148 Å². The highest BCUT2D eigenvalue weighted by molar-refractivity contribution is 6.28. The summed E-state index contributed by atoms with van der Waals surface area (Å²) in [6, 6.07) is 1.76. The van der Waals surface area contributed by atoms with Gasteiger partial charge in [0.1, 0.15) is 5.60 Å². The molecule has 0 spiro atoms. The smallest absolute Gasteiger partial charge is 0.410 e. The van der Waals surface area contributed by atoms with E-state index < -0.39 is 5.60 Å². The van der Waals surface area contributed by atoms with Gasteiger partial charge in [-0.2, -0.15) is 4.98 Å². The zero-order valence-corrected chi connectivity index (χ0v) is 15.6. The number of aromatic nitrogens is 2. The van der Waals surface area contributed by atoms with Gasteiger partial charge < -0.3 is 14.4 Å². The maximum Gasteiger partial charge on any atom is 0.410 e. The maximum atomic E-state index is 12.2. The van der Waals surface area contributed by atoms with Crippen molar-refractivity contribution in [3.05, 3.63) is 17.0 Å². The van der Waals surface area contributed by atoms with Crippen molar-refractivity contribution in [2.75, 3.05) is 19.7 Å². The van der Waals surface area contributed by atoms with Gasteiger partial charge in [0.2, 0.25) is 11.2 Å². The topological polar surface area (TPSA) is 64.5 Å². The fourth-order valence-electron chi connectivity index (χ4n) is 2.70. The van der Waals surface area contributed by atoms with Crippen LogP contribution >= 0.6 is 11.6 Å². The number of halogens is 1. The Morgan fingerprint density at radius 1 is 1.42 bits per heavy atom. The van der Waals surface area contributed by atoms with Crippen molar-refractivity contribution in [3.8, 4) is 5.88 Å². The van der Waals surface area contributed by atoms with Gasteiger partial charge in [0.25, 0.3) is 0 Å². The van der Waals surface area contributed by atoms with E-state index in [-0.39, 0.29) is 11.4 Å². The van der Waals surface area contributed by atoms with E-state index >= 15 is 0 Å². The number of nitrogens with zero attached hydrogens (tertiary/aromatic N) is 3. The van der Waals surface area contributed by atoms with E-state index in [4.69, 9.17) is 21.1 Å². The molecule has 0 radical (unpaired) electrons. The van der Waals surface area contributed by atoms with Crippen molar-refractivity contribution in [3.63, 3.8) is 0 Å². The summed E-state index contributed by atoms with van der Waals surface area (Å²) >= 11 is 5.82. The number of likely N-dealkylation sites (tertiary alicyclic amines) is 1. The predicted octanol–water partition coefficient (Wildman–Crippen LogP) is 3.85. The maximum absolute atomic E-state index is 12.2. The molecule has 1 aliphatic rings. The second-order valence-corrected chi connectivity index (χ2v) is 7.53. The molecule has 0 aromatic carbocycles. The van der Waals surface area contributed by atoms with Crippen LogP contribution in [0.15, 0.2) is 6.07 Å². The number of aryl methyl sites for hydroxylation is 1. The van der Waals surface area contributed by atoms with E-state index in [2.05, 4.69) is 9.97 Å². The third-order valence-electron chi connectivity index (χ3n) is 3.75. The minimum Gasteiger partial charge on any atom is -0.478 e. The van der Waals surface area contributed by atoms with E-state index in [1.165, 1.54) is 0 Å². The number of piperidine rings is 1. The first-order valence-electron chi connectivity index (χ1n) is 8.35. The van der Waals surface area contributed by atoms with E-state index in [0.29, 0.717) is 24.9 Å². The van der Waals surface area contributed by atoms with E-state index in [1.54, 1.807) is 11.0 Å². The molecule has 1 saturated heterocycles. The summed E-state index contributed by atoms with van der Waals surface area (Å²) in [7, 11) is 0. The lowest BCUT2D eigenvalue weighted by Crippen LogP contribution is -2.43. The molecular weight excluding hydrogens is 330 g/mol. The van der Waals surface area contributed by atoms with Crippen molar-refractivity contribution < 1.29 is 14.3 Å². The average molecular weight is 356 g/mol. The highest BCUT2D eigenvalue weighted by atomic mass is 35.5. The Balaban J connectivity index is 1.79. The molecule has 7 heteroatoms. The standard InChI is InChI=1S/C17H26ClN3O3/c1-12-10-14(20-15(18)19-12)23-9-7-13-6-5-8-21(11-13)16(22)24-17(2,3)4/h10,13H,5-9,11H2,1-4H3. The van der Waals surface area contributed by atoms with Crippen molar-refractivity contribution in [1.29, 1.82) is 0 Å². The molecule has 6 nitrogen and oxygen atoms in total. The second kappa shape index (κ2) is 8.01. The van der Waals surface area contributed by atoms with Gasteiger partial charge in [-0.25, -0.2) is 9.78 Å². The Hall–Kier alpha value is -1.56.